The molecule has 0 aliphatic carbocycles. The van der Waals surface area contributed by atoms with Gasteiger partial charge in [-0.2, -0.15) is 0 Å². The Morgan fingerprint density at radius 1 is 1.19 bits per heavy atom. The molecule has 0 saturated carbocycles. The number of nitrogens with one attached hydrogen (secondary N) is 1. The highest BCUT2D eigenvalue weighted by Crippen LogP contribution is 2.21. The Morgan fingerprint density at radius 3 is 2.67 bits per heavy atom. The van der Waals surface area contributed by atoms with Crippen LogP contribution in [0, 0.1) is 0 Å². The van der Waals surface area contributed by atoms with Gasteiger partial charge in [0, 0.05) is 22.3 Å². The lowest BCUT2D eigenvalue weighted by Gasteiger charge is -2.05. The van der Waals surface area contributed by atoms with Crippen molar-refractivity contribution in [1.82, 2.24) is 5.32 Å². The monoisotopic (exact) mass is 373 g/mol. The number of carbonyl (C=O) groups excluding carboxylic acids is 1. The maximum Gasteiger partial charge on any atom is 0.303 e. The first-order valence-corrected chi connectivity index (χ1v) is 8.72. The number of halogens is 1. The van der Waals surface area contributed by atoms with Crippen molar-refractivity contribution in [3.05, 3.63) is 28.7 Å². The van der Waals surface area contributed by atoms with E-state index in [1.807, 2.05) is 24.3 Å². The van der Waals surface area contributed by atoms with Crippen molar-refractivity contribution >= 4 is 39.6 Å². The largest absolute Gasteiger partial charge is 0.481 e. The number of benzene rings is 1. The summed E-state index contributed by atoms with van der Waals surface area (Å²) in [4.78, 5) is 23.0. The van der Waals surface area contributed by atoms with Crippen LogP contribution in [0.1, 0.15) is 32.1 Å². The predicted molar refractivity (Wildman–Crippen MR) is 88.6 cm³/mol. The lowest BCUT2D eigenvalue weighted by atomic mass is 10.1. The second-order valence-corrected chi connectivity index (χ2v) is 6.62. The number of hydrogen-bond donors (Lipinski definition) is 2. The first kappa shape index (κ1) is 18.0. The maximum atomic E-state index is 11.7. The summed E-state index contributed by atoms with van der Waals surface area (Å²) in [5, 5.41) is 11.4. The standard InChI is InChI=1S/C15H20BrNO3S/c16-12-6-5-7-13(10-12)21-11-14(18)17-9-4-2-1-3-8-15(19)20/h5-7,10H,1-4,8-9,11H2,(H,17,18)(H,19,20). The Morgan fingerprint density at radius 2 is 1.95 bits per heavy atom. The van der Waals surface area contributed by atoms with Gasteiger partial charge >= 0.3 is 5.97 Å². The molecule has 1 rings (SSSR count). The lowest BCUT2D eigenvalue weighted by molar-refractivity contribution is -0.137. The average molecular weight is 374 g/mol. The molecule has 0 heterocycles. The van der Waals surface area contributed by atoms with Crippen LogP contribution in [-0.2, 0) is 9.59 Å². The van der Waals surface area contributed by atoms with E-state index in [0.29, 0.717) is 18.7 Å². The average Bonchev–Trinajstić information content (AvgIpc) is 2.44. The van der Waals surface area contributed by atoms with Crippen molar-refractivity contribution in [1.29, 1.82) is 0 Å². The van der Waals surface area contributed by atoms with E-state index < -0.39 is 5.97 Å². The van der Waals surface area contributed by atoms with Gasteiger partial charge in [0.05, 0.1) is 5.75 Å². The molecule has 1 aromatic rings. The maximum absolute atomic E-state index is 11.7. The third-order valence-electron chi connectivity index (χ3n) is 2.81. The molecule has 0 saturated heterocycles. The zero-order valence-electron chi connectivity index (χ0n) is 11.8. The van der Waals surface area contributed by atoms with Crippen molar-refractivity contribution < 1.29 is 14.7 Å². The zero-order valence-corrected chi connectivity index (χ0v) is 14.2. The van der Waals surface area contributed by atoms with E-state index in [1.54, 1.807) is 0 Å². The van der Waals surface area contributed by atoms with Crippen LogP contribution in [0.25, 0.3) is 0 Å². The van der Waals surface area contributed by atoms with Crippen LogP contribution in [0.2, 0.25) is 0 Å². The fraction of sp³-hybridized carbons (Fsp3) is 0.467. The predicted octanol–water partition coefficient (Wildman–Crippen LogP) is 3.69. The third kappa shape index (κ3) is 9.52. The molecule has 0 spiro atoms. The van der Waals surface area contributed by atoms with Gasteiger partial charge in [0.15, 0.2) is 0 Å². The number of carbonyl (C=O) groups is 2. The molecular weight excluding hydrogens is 354 g/mol. The number of carboxylic acid groups (broad SMARTS) is 1. The highest BCUT2D eigenvalue weighted by molar-refractivity contribution is 9.10. The summed E-state index contributed by atoms with van der Waals surface area (Å²) in [7, 11) is 0. The van der Waals surface area contributed by atoms with E-state index in [2.05, 4.69) is 21.2 Å². The van der Waals surface area contributed by atoms with Crippen LogP contribution in [0.4, 0.5) is 0 Å². The number of rotatable bonds is 10. The summed E-state index contributed by atoms with van der Waals surface area (Å²) >= 11 is 4.91. The van der Waals surface area contributed by atoms with Crippen LogP contribution < -0.4 is 5.32 Å². The Labute approximate surface area is 137 Å². The first-order valence-electron chi connectivity index (χ1n) is 6.95. The molecular formula is C15H20BrNO3S. The van der Waals surface area contributed by atoms with Crippen LogP contribution in [0.5, 0.6) is 0 Å². The normalized spacial score (nSPS) is 10.3. The minimum atomic E-state index is -0.743. The summed E-state index contributed by atoms with van der Waals surface area (Å²) in [6.07, 6.45) is 3.69. The summed E-state index contributed by atoms with van der Waals surface area (Å²) < 4.78 is 1.01. The molecule has 0 aliphatic heterocycles. The van der Waals surface area contributed by atoms with Gasteiger partial charge in [-0.3, -0.25) is 9.59 Å². The van der Waals surface area contributed by atoms with E-state index in [0.717, 1.165) is 28.6 Å². The highest BCUT2D eigenvalue weighted by Gasteiger charge is 2.03. The van der Waals surface area contributed by atoms with Crippen LogP contribution in [0.15, 0.2) is 33.6 Å². The van der Waals surface area contributed by atoms with Crippen LogP contribution in [0.3, 0.4) is 0 Å². The SMILES string of the molecule is O=C(O)CCCCCCNC(=O)CSc1cccc(Br)c1. The van der Waals surface area contributed by atoms with Crippen LogP contribution in [-0.4, -0.2) is 29.3 Å². The van der Waals surface area contributed by atoms with Gasteiger partial charge in [-0.25, -0.2) is 0 Å². The van der Waals surface area contributed by atoms with E-state index in [1.165, 1.54) is 11.8 Å². The van der Waals surface area contributed by atoms with E-state index >= 15 is 0 Å². The molecule has 116 valence electrons. The molecule has 4 nitrogen and oxygen atoms in total. The van der Waals surface area contributed by atoms with Gasteiger partial charge in [0.25, 0.3) is 0 Å². The van der Waals surface area contributed by atoms with Gasteiger partial charge in [-0.15, -0.1) is 11.8 Å². The third-order valence-corrected chi connectivity index (χ3v) is 4.29. The molecule has 0 bridgehead atoms. The summed E-state index contributed by atoms with van der Waals surface area (Å²) in [6, 6.07) is 7.86. The number of hydrogen-bond acceptors (Lipinski definition) is 3. The van der Waals surface area contributed by atoms with Crippen molar-refractivity contribution in [2.75, 3.05) is 12.3 Å². The number of carboxylic acids is 1. The van der Waals surface area contributed by atoms with E-state index in [9.17, 15) is 9.59 Å². The molecule has 0 atom stereocenters. The Kier molecular flexibility index (Phi) is 9.17. The summed E-state index contributed by atoms with van der Waals surface area (Å²) in [5.74, 6) is -0.298. The van der Waals surface area contributed by atoms with Gasteiger partial charge in [0.2, 0.25) is 5.91 Å². The smallest absolute Gasteiger partial charge is 0.303 e. The first-order chi connectivity index (χ1) is 10.1. The van der Waals surface area contributed by atoms with E-state index in [4.69, 9.17) is 5.11 Å². The van der Waals surface area contributed by atoms with Gasteiger partial charge in [-0.1, -0.05) is 34.8 Å². The fourth-order valence-corrected chi connectivity index (χ4v) is 3.07. The molecule has 2 N–H and O–H groups in total. The molecule has 21 heavy (non-hydrogen) atoms. The Hall–Kier alpha value is -1.01. The molecule has 6 heteroatoms. The number of amides is 1. The lowest BCUT2D eigenvalue weighted by Crippen LogP contribution is -2.26. The number of unbranched alkanes of at least 4 members (excludes halogenated alkanes) is 3. The summed E-state index contributed by atoms with van der Waals surface area (Å²) in [6.45, 7) is 0.658. The fourth-order valence-electron chi connectivity index (χ4n) is 1.74. The second kappa shape index (κ2) is 10.7. The number of aliphatic carboxylic acids is 1. The Bertz CT molecular complexity index is 468. The number of thioether (sulfide) groups is 1. The highest BCUT2D eigenvalue weighted by atomic mass is 79.9. The molecule has 0 aromatic heterocycles. The van der Waals surface area contributed by atoms with Gasteiger partial charge in [-0.05, 0) is 31.0 Å². The molecule has 0 unspecified atom stereocenters. The van der Waals surface area contributed by atoms with Crippen molar-refractivity contribution in [2.45, 2.75) is 37.0 Å². The summed E-state index contributed by atoms with van der Waals surface area (Å²) in [5.41, 5.74) is 0. The van der Waals surface area contributed by atoms with Gasteiger partial charge in [0.1, 0.15) is 0 Å². The van der Waals surface area contributed by atoms with Crippen LogP contribution >= 0.6 is 27.7 Å². The minimum Gasteiger partial charge on any atom is -0.481 e. The molecule has 0 aliphatic rings. The molecule has 1 aromatic carbocycles. The quantitative estimate of drug-likeness (QED) is 0.484. The second-order valence-electron chi connectivity index (χ2n) is 4.65. The topological polar surface area (TPSA) is 66.4 Å². The molecule has 0 fully saturated rings. The minimum absolute atomic E-state index is 0.0329. The molecule has 1 amide bonds. The zero-order chi connectivity index (χ0) is 15.5. The van der Waals surface area contributed by atoms with Gasteiger partial charge < -0.3 is 10.4 Å². The Balaban J connectivity index is 2.03. The van der Waals surface area contributed by atoms with Crippen molar-refractivity contribution in [2.24, 2.45) is 0 Å². The van der Waals surface area contributed by atoms with Crippen molar-refractivity contribution in [3.63, 3.8) is 0 Å². The van der Waals surface area contributed by atoms with Crippen molar-refractivity contribution in [3.8, 4) is 0 Å². The van der Waals surface area contributed by atoms with E-state index in [-0.39, 0.29) is 12.3 Å². The molecule has 0 radical (unpaired) electrons.